The summed E-state index contributed by atoms with van der Waals surface area (Å²) < 4.78 is 5.74. The maximum Gasteiger partial charge on any atom is 0.119 e. The fourth-order valence-corrected chi connectivity index (χ4v) is 1.96. The molecule has 0 spiro atoms. The molecule has 1 nitrogen and oxygen atoms in total. The Morgan fingerprint density at radius 3 is 2.60 bits per heavy atom. The highest BCUT2D eigenvalue weighted by Crippen LogP contribution is 2.22. The molecule has 0 atom stereocenters. The molecule has 0 radical (unpaired) electrons. The van der Waals surface area contributed by atoms with Crippen LogP contribution in [0.15, 0.2) is 36.4 Å². The second-order valence-electron chi connectivity index (χ2n) is 5.17. The molecule has 0 aliphatic rings. The average molecular weight is 287 g/mol. The van der Waals surface area contributed by atoms with Crippen LogP contribution in [-0.4, -0.2) is 12.5 Å². The molecule has 2 rings (SSSR count). The van der Waals surface area contributed by atoms with Gasteiger partial charge in [-0.05, 0) is 41.0 Å². The predicted molar refractivity (Wildman–Crippen MR) is 86.5 cm³/mol. The Bertz CT molecular complexity index is 635. The molecule has 0 heterocycles. The molecule has 0 N–H and O–H groups in total. The lowest BCUT2D eigenvalue weighted by Gasteiger charge is -2.09. The zero-order valence-corrected chi connectivity index (χ0v) is 12.7. The van der Waals surface area contributed by atoms with Gasteiger partial charge in [0.25, 0.3) is 0 Å². The summed E-state index contributed by atoms with van der Waals surface area (Å²) in [5, 5.41) is 2.36. The first-order valence-corrected chi connectivity index (χ1v) is 7.44. The molecule has 0 aliphatic carbocycles. The third kappa shape index (κ3) is 4.18. The van der Waals surface area contributed by atoms with Gasteiger partial charge < -0.3 is 4.74 Å². The molecule has 0 aromatic heterocycles. The normalized spacial score (nSPS) is 10.4. The zero-order chi connectivity index (χ0) is 14.4. The third-order valence-corrected chi connectivity index (χ3v) is 3.04. The molecule has 2 aromatic rings. The molecule has 0 saturated carbocycles. The van der Waals surface area contributed by atoms with Gasteiger partial charge in [-0.25, -0.2) is 0 Å². The van der Waals surface area contributed by atoms with Crippen LogP contribution in [0.25, 0.3) is 10.8 Å². The van der Waals surface area contributed by atoms with Crippen molar-refractivity contribution in [1.82, 2.24) is 0 Å². The number of rotatable bonds is 4. The van der Waals surface area contributed by atoms with Crippen molar-refractivity contribution in [1.29, 1.82) is 0 Å². The van der Waals surface area contributed by atoms with Crippen LogP contribution in [-0.2, 0) is 0 Å². The highest BCUT2D eigenvalue weighted by molar-refractivity contribution is 6.18. The molecule has 0 aliphatic heterocycles. The van der Waals surface area contributed by atoms with Gasteiger partial charge in [-0.15, -0.1) is 11.6 Å². The standard InChI is InChI=1S/C18H19ClO/c1-14(2)13-20-18-9-8-16-11-15(5-3-4-10-19)6-7-17(16)12-18/h6-9,11-12,14H,4,10,13H2,1-2H3. The SMILES string of the molecule is CC(C)COc1ccc2cc(C#CCCCl)ccc2c1. The van der Waals surface area contributed by atoms with E-state index in [1.165, 1.54) is 10.8 Å². The number of hydrogen-bond donors (Lipinski definition) is 0. The summed E-state index contributed by atoms with van der Waals surface area (Å²) in [7, 11) is 0. The maximum absolute atomic E-state index is 5.74. The van der Waals surface area contributed by atoms with E-state index in [-0.39, 0.29) is 0 Å². The Morgan fingerprint density at radius 2 is 1.85 bits per heavy atom. The van der Waals surface area contributed by atoms with Gasteiger partial charge in [0.05, 0.1) is 6.61 Å². The molecule has 0 fully saturated rings. The van der Waals surface area contributed by atoms with E-state index in [4.69, 9.17) is 16.3 Å². The number of ether oxygens (including phenoxy) is 1. The van der Waals surface area contributed by atoms with Crippen LogP contribution < -0.4 is 4.74 Å². The first-order valence-electron chi connectivity index (χ1n) is 6.90. The van der Waals surface area contributed by atoms with Crippen molar-refractivity contribution < 1.29 is 4.74 Å². The first-order chi connectivity index (χ1) is 9.69. The lowest BCUT2D eigenvalue weighted by molar-refractivity contribution is 0.271. The molecular weight excluding hydrogens is 268 g/mol. The summed E-state index contributed by atoms with van der Waals surface area (Å²) in [6.45, 7) is 5.03. The van der Waals surface area contributed by atoms with Crippen molar-refractivity contribution >= 4 is 22.4 Å². The summed E-state index contributed by atoms with van der Waals surface area (Å²) in [6, 6.07) is 12.4. The second kappa shape index (κ2) is 7.22. The predicted octanol–water partition coefficient (Wildman–Crippen LogP) is 4.86. The van der Waals surface area contributed by atoms with Crippen LogP contribution in [0.2, 0.25) is 0 Å². The van der Waals surface area contributed by atoms with Gasteiger partial charge in [0.2, 0.25) is 0 Å². The quantitative estimate of drug-likeness (QED) is 0.576. The third-order valence-electron chi connectivity index (χ3n) is 2.85. The largest absolute Gasteiger partial charge is 0.493 e. The van der Waals surface area contributed by atoms with E-state index in [1.54, 1.807) is 0 Å². The van der Waals surface area contributed by atoms with Crippen LogP contribution in [0.5, 0.6) is 5.75 Å². The molecular formula is C18H19ClO. The molecule has 0 saturated heterocycles. The van der Waals surface area contributed by atoms with Gasteiger partial charge in [0, 0.05) is 17.9 Å². The lowest BCUT2D eigenvalue weighted by Crippen LogP contribution is -2.04. The van der Waals surface area contributed by atoms with E-state index in [1.807, 2.05) is 12.1 Å². The van der Waals surface area contributed by atoms with Crippen molar-refractivity contribution in [2.24, 2.45) is 5.92 Å². The Kier molecular flexibility index (Phi) is 5.32. The minimum atomic E-state index is 0.533. The number of fused-ring (bicyclic) bond motifs is 1. The van der Waals surface area contributed by atoms with Crippen molar-refractivity contribution in [2.75, 3.05) is 12.5 Å². The van der Waals surface area contributed by atoms with Crippen LogP contribution in [0.4, 0.5) is 0 Å². The number of benzene rings is 2. The Morgan fingerprint density at radius 1 is 1.10 bits per heavy atom. The van der Waals surface area contributed by atoms with E-state index in [2.05, 4.69) is 50.0 Å². The summed E-state index contributed by atoms with van der Waals surface area (Å²) in [5.74, 6) is 8.22. The van der Waals surface area contributed by atoms with E-state index in [9.17, 15) is 0 Å². The molecule has 0 bridgehead atoms. The zero-order valence-electron chi connectivity index (χ0n) is 11.9. The Balaban J connectivity index is 2.19. The Hall–Kier alpha value is -1.65. The molecule has 104 valence electrons. The van der Waals surface area contributed by atoms with Gasteiger partial charge in [-0.2, -0.15) is 0 Å². The van der Waals surface area contributed by atoms with Crippen molar-refractivity contribution in [3.63, 3.8) is 0 Å². The summed E-state index contributed by atoms with van der Waals surface area (Å²) in [5.41, 5.74) is 1.03. The minimum absolute atomic E-state index is 0.533. The lowest BCUT2D eigenvalue weighted by atomic mass is 10.1. The number of halogens is 1. The van der Waals surface area contributed by atoms with Gasteiger partial charge in [0.15, 0.2) is 0 Å². The molecule has 20 heavy (non-hydrogen) atoms. The highest BCUT2D eigenvalue weighted by Gasteiger charge is 2.00. The van der Waals surface area contributed by atoms with Crippen LogP contribution in [0.3, 0.4) is 0 Å². The van der Waals surface area contributed by atoms with Gasteiger partial charge >= 0.3 is 0 Å². The van der Waals surface area contributed by atoms with Gasteiger partial charge in [-0.1, -0.05) is 37.8 Å². The van der Waals surface area contributed by atoms with E-state index in [0.29, 0.717) is 11.8 Å². The van der Waals surface area contributed by atoms with Crippen LogP contribution in [0.1, 0.15) is 25.8 Å². The first kappa shape index (κ1) is 14.8. The van der Waals surface area contributed by atoms with Crippen molar-refractivity contribution in [2.45, 2.75) is 20.3 Å². The molecule has 2 heteroatoms. The molecule has 2 aromatic carbocycles. The van der Waals surface area contributed by atoms with E-state index in [0.717, 1.165) is 24.3 Å². The van der Waals surface area contributed by atoms with E-state index >= 15 is 0 Å². The molecule has 0 unspecified atom stereocenters. The molecule has 0 amide bonds. The van der Waals surface area contributed by atoms with Crippen molar-refractivity contribution in [3.8, 4) is 17.6 Å². The number of alkyl halides is 1. The van der Waals surface area contributed by atoms with E-state index < -0.39 is 0 Å². The smallest absolute Gasteiger partial charge is 0.119 e. The average Bonchev–Trinajstić information content (AvgIpc) is 2.45. The maximum atomic E-state index is 5.74. The van der Waals surface area contributed by atoms with Gasteiger partial charge in [-0.3, -0.25) is 0 Å². The highest BCUT2D eigenvalue weighted by atomic mass is 35.5. The minimum Gasteiger partial charge on any atom is -0.493 e. The fraction of sp³-hybridized carbons (Fsp3) is 0.333. The van der Waals surface area contributed by atoms with Gasteiger partial charge in [0.1, 0.15) is 5.75 Å². The van der Waals surface area contributed by atoms with Crippen LogP contribution >= 0.6 is 11.6 Å². The summed E-state index contributed by atoms with van der Waals surface area (Å²) in [6.07, 6.45) is 0.724. The second-order valence-corrected chi connectivity index (χ2v) is 5.55. The topological polar surface area (TPSA) is 9.23 Å². The summed E-state index contributed by atoms with van der Waals surface area (Å²) in [4.78, 5) is 0. The summed E-state index contributed by atoms with van der Waals surface area (Å²) >= 11 is 5.62. The Labute approximate surface area is 125 Å². The fourth-order valence-electron chi connectivity index (χ4n) is 1.87. The number of hydrogen-bond acceptors (Lipinski definition) is 1. The monoisotopic (exact) mass is 286 g/mol. The van der Waals surface area contributed by atoms with Crippen molar-refractivity contribution in [3.05, 3.63) is 42.0 Å². The van der Waals surface area contributed by atoms with Crippen LogP contribution in [0, 0.1) is 17.8 Å².